The predicted molar refractivity (Wildman–Crippen MR) is 133 cm³/mol. The van der Waals surface area contributed by atoms with Crippen molar-refractivity contribution in [1.29, 1.82) is 0 Å². The van der Waals surface area contributed by atoms with Gasteiger partial charge in [-0.2, -0.15) is 5.10 Å². The SMILES string of the molecule is Cc1nc(C(=O)N(C)Cc2ccccc2)oc1CNC(=O)c1cc(NC(=O)c2cc(F)c(F)cc2Cl)[nH]n1. The van der Waals surface area contributed by atoms with Gasteiger partial charge in [0.05, 0.1) is 22.8 Å². The number of amides is 3. The molecule has 4 aromatic rings. The monoisotopic (exact) mass is 542 g/mol. The van der Waals surface area contributed by atoms with Crippen molar-refractivity contribution in [3.05, 3.63) is 99.4 Å². The first-order valence-corrected chi connectivity index (χ1v) is 11.6. The van der Waals surface area contributed by atoms with Gasteiger partial charge in [0.2, 0.25) is 0 Å². The molecule has 0 fully saturated rings. The van der Waals surface area contributed by atoms with Crippen molar-refractivity contribution in [1.82, 2.24) is 25.4 Å². The molecule has 2 aromatic heterocycles. The van der Waals surface area contributed by atoms with E-state index in [0.717, 1.165) is 5.56 Å². The highest BCUT2D eigenvalue weighted by Gasteiger charge is 2.22. The Labute approximate surface area is 220 Å². The molecule has 10 nitrogen and oxygen atoms in total. The van der Waals surface area contributed by atoms with Gasteiger partial charge in [-0.25, -0.2) is 13.8 Å². The summed E-state index contributed by atoms with van der Waals surface area (Å²) in [5, 5.41) is 10.9. The summed E-state index contributed by atoms with van der Waals surface area (Å²) >= 11 is 5.81. The van der Waals surface area contributed by atoms with Crippen LogP contribution in [0, 0.1) is 18.6 Å². The second-order valence-corrected chi connectivity index (χ2v) is 8.63. The Kier molecular flexibility index (Phi) is 7.82. The first-order chi connectivity index (χ1) is 18.1. The van der Waals surface area contributed by atoms with Gasteiger partial charge in [-0.05, 0) is 24.6 Å². The average molecular weight is 543 g/mol. The van der Waals surface area contributed by atoms with E-state index in [9.17, 15) is 23.2 Å². The zero-order chi connectivity index (χ0) is 27.4. The summed E-state index contributed by atoms with van der Waals surface area (Å²) in [7, 11) is 1.63. The fourth-order valence-electron chi connectivity index (χ4n) is 3.42. The van der Waals surface area contributed by atoms with Gasteiger partial charge in [0.25, 0.3) is 17.7 Å². The minimum atomic E-state index is -1.24. The predicted octanol–water partition coefficient (Wildman–Crippen LogP) is 4.09. The lowest BCUT2D eigenvalue weighted by Gasteiger charge is -2.14. The van der Waals surface area contributed by atoms with E-state index in [1.165, 1.54) is 11.0 Å². The van der Waals surface area contributed by atoms with Gasteiger partial charge in [-0.3, -0.25) is 19.5 Å². The molecular formula is C25H21ClF2N6O4. The van der Waals surface area contributed by atoms with Crippen LogP contribution in [-0.2, 0) is 13.1 Å². The molecular weight excluding hydrogens is 522 g/mol. The average Bonchev–Trinajstić information content (AvgIpc) is 3.51. The van der Waals surface area contributed by atoms with Crippen molar-refractivity contribution in [2.24, 2.45) is 0 Å². The molecule has 2 aromatic carbocycles. The van der Waals surface area contributed by atoms with Gasteiger partial charge in [0.1, 0.15) is 11.6 Å². The fraction of sp³-hybridized carbons (Fsp3) is 0.160. The molecule has 3 N–H and O–H groups in total. The molecule has 0 aliphatic heterocycles. The van der Waals surface area contributed by atoms with Crippen LogP contribution in [-0.4, -0.2) is 44.9 Å². The summed E-state index contributed by atoms with van der Waals surface area (Å²) in [4.78, 5) is 43.2. The molecule has 38 heavy (non-hydrogen) atoms. The molecule has 0 unspecified atom stereocenters. The summed E-state index contributed by atoms with van der Waals surface area (Å²) in [5.41, 5.74) is 1.00. The van der Waals surface area contributed by atoms with E-state index in [1.807, 2.05) is 30.3 Å². The minimum Gasteiger partial charge on any atom is -0.435 e. The van der Waals surface area contributed by atoms with Crippen LogP contribution in [0.2, 0.25) is 5.02 Å². The largest absolute Gasteiger partial charge is 0.435 e. The van der Waals surface area contributed by atoms with E-state index in [0.29, 0.717) is 24.4 Å². The van der Waals surface area contributed by atoms with Gasteiger partial charge < -0.3 is 20.0 Å². The molecule has 13 heteroatoms. The van der Waals surface area contributed by atoms with Gasteiger partial charge in [-0.1, -0.05) is 41.9 Å². The Morgan fingerprint density at radius 2 is 1.79 bits per heavy atom. The number of hydrogen-bond donors (Lipinski definition) is 3. The molecule has 0 bridgehead atoms. The van der Waals surface area contributed by atoms with E-state index in [2.05, 4.69) is 25.8 Å². The number of aromatic amines is 1. The summed E-state index contributed by atoms with van der Waals surface area (Å²) in [6.45, 7) is 1.93. The maximum Gasteiger partial charge on any atom is 0.309 e. The molecule has 3 amide bonds. The highest BCUT2D eigenvalue weighted by atomic mass is 35.5. The Bertz CT molecular complexity index is 1510. The number of carbonyl (C=O) groups excluding carboxylic acids is 3. The maximum atomic E-state index is 13.5. The number of aromatic nitrogens is 3. The van der Waals surface area contributed by atoms with Crippen molar-refractivity contribution >= 4 is 35.1 Å². The Hall–Kier alpha value is -4.58. The zero-order valence-corrected chi connectivity index (χ0v) is 20.9. The van der Waals surface area contributed by atoms with Crippen molar-refractivity contribution in [2.75, 3.05) is 12.4 Å². The number of H-pyrrole nitrogens is 1. The number of carbonyl (C=O) groups is 3. The van der Waals surface area contributed by atoms with Crippen LogP contribution in [0.15, 0.2) is 52.9 Å². The third-order valence-electron chi connectivity index (χ3n) is 5.41. The molecule has 0 saturated heterocycles. The topological polar surface area (TPSA) is 133 Å². The number of anilines is 1. The van der Waals surface area contributed by atoms with E-state index in [1.54, 1.807) is 14.0 Å². The lowest BCUT2D eigenvalue weighted by molar-refractivity contribution is 0.0743. The Morgan fingerprint density at radius 1 is 1.08 bits per heavy atom. The van der Waals surface area contributed by atoms with Crippen LogP contribution in [0.5, 0.6) is 0 Å². The van der Waals surface area contributed by atoms with Crippen LogP contribution in [0.1, 0.15) is 48.5 Å². The van der Waals surface area contributed by atoms with Crippen LogP contribution in [0.3, 0.4) is 0 Å². The van der Waals surface area contributed by atoms with Crippen molar-refractivity contribution < 1.29 is 27.6 Å². The van der Waals surface area contributed by atoms with Gasteiger partial charge in [0, 0.05) is 19.7 Å². The Morgan fingerprint density at radius 3 is 2.53 bits per heavy atom. The Balaban J connectivity index is 1.35. The van der Waals surface area contributed by atoms with Crippen molar-refractivity contribution in [2.45, 2.75) is 20.0 Å². The van der Waals surface area contributed by atoms with Gasteiger partial charge in [-0.15, -0.1) is 0 Å². The summed E-state index contributed by atoms with van der Waals surface area (Å²) < 4.78 is 32.3. The fourth-order valence-corrected chi connectivity index (χ4v) is 3.65. The molecule has 196 valence electrons. The first-order valence-electron chi connectivity index (χ1n) is 11.2. The maximum absolute atomic E-state index is 13.5. The van der Waals surface area contributed by atoms with E-state index < -0.39 is 29.4 Å². The molecule has 4 rings (SSSR count). The summed E-state index contributed by atoms with van der Waals surface area (Å²) in [6.07, 6.45) is 0. The number of halogens is 3. The zero-order valence-electron chi connectivity index (χ0n) is 20.1. The third-order valence-corrected chi connectivity index (χ3v) is 5.72. The number of nitrogens with one attached hydrogen (secondary N) is 3. The van der Waals surface area contributed by atoms with Crippen LogP contribution >= 0.6 is 11.6 Å². The second kappa shape index (κ2) is 11.2. The number of oxazole rings is 1. The van der Waals surface area contributed by atoms with Crippen molar-refractivity contribution in [3.63, 3.8) is 0 Å². The minimum absolute atomic E-state index is 0.0196. The number of rotatable bonds is 8. The number of nitrogens with zero attached hydrogens (tertiary/aromatic N) is 3. The molecule has 0 saturated carbocycles. The first kappa shape index (κ1) is 26.5. The van der Waals surface area contributed by atoms with Crippen LogP contribution in [0.25, 0.3) is 0 Å². The molecule has 0 spiro atoms. The number of hydrogen-bond acceptors (Lipinski definition) is 6. The quantitative estimate of drug-likeness (QED) is 0.287. The molecule has 0 aliphatic rings. The van der Waals surface area contributed by atoms with Crippen molar-refractivity contribution in [3.8, 4) is 0 Å². The smallest absolute Gasteiger partial charge is 0.309 e. The van der Waals surface area contributed by atoms with Crippen LogP contribution in [0.4, 0.5) is 14.6 Å². The highest BCUT2D eigenvalue weighted by Crippen LogP contribution is 2.21. The number of aryl methyl sites for hydroxylation is 1. The molecule has 2 heterocycles. The van der Waals surface area contributed by atoms with Gasteiger partial charge in [0.15, 0.2) is 17.3 Å². The highest BCUT2D eigenvalue weighted by molar-refractivity contribution is 6.34. The summed E-state index contributed by atoms with van der Waals surface area (Å²) in [6, 6.07) is 12.0. The number of benzene rings is 2. The van der Waals surface area contributed by atoms with Gasteiger partial charge >= 0.3 is 5.91 Å². The molecule has 0 aliphatic carbocycles. The van der Waals surface area contributed by atoms with E-state index in [-0.39, 0.29) is 40.3 Å². The molecule has 0 radical (unpaired) electrons. The van der Waals surface area contributed by atoms with E-state index in [4.69, 9.17) is 16.0 Å². The normalized spacial score (nSPS) is 10.8. The third kappa shape index (κ3) is 6.03. The molecule has 0 atom stereocenters. The lowest BCUT2D eigenvalue weighted by Crippen LogP contribution is -2.26. The standard InChI is InChI=1S/C25H21ClF2N6O4/c1-13-20(38-24(30-13)25(37)34(2)12-14-6-4-3-5-7-14)11-29-23(36)19-10-21(33-32-19)31-22(35)15-8-17(27)18(28)9-16(15)26/h3-10H,11-12H2,1-2H3,(H,29,36)(H2,31,32,33,35). The second-order valence-electron chi connectivity index (χ2n) is 8.22. The summed E-state index contributed by atoms with van der Waals surface area (Å²) in [5.74, 6) is -4.09. The van der Waals surface area contributed by atoms with Crippen LogP contribution < -0.4 is 10.6 Å². The lowest BCUT2D eigenvalue weighted by atomic mass is 10.2. The van der Waals surface area contributed by atoms with E-state index >= 15 is 0 Å².